The molecule has 0 heterocycles. The van der Waals surface area contributed by atoms with E-state index < -0.39 is 0 Å². The highest BCUT2D eigenvalue weighted by atomic mass is 19.1. The number of aryl methyl sites for hydroxylation is 1. The van der Waals surface area contributed by atoms with E-state index in [1.807, 2.05) is 6.92 Å². The molecule has 0 aliphatic heterocycles. The molecule has 1 aromatic carbocycles. The van der Waals surface area contributed by atoms with E-state index in [1.54, 1.807) is 6.07 Å². The maximum absolute atomic E-state index is 13.4. The summed E-state index contributed by atoms with van der Waals surface area (Å²) in [5, 5.41) is 3.01. The van der Waals surface area contributed by atoms with Crippen molar-refractivity contribution >= 4 is 5.91 Å². The average Bonchev–Trinajstić information content (AvgIpc) is 2.39. The Balaban J connectivity index is 2.05. The van der Waals surface area contributed by atoms with Crippen LogP contribution in [0.15, 0.2) is 18.2 Å². The lowest BCUT2D eigenvalue weighted by Gasteiger charge is -2.22. The summed E-state index contributed by atoms with van der Waals surface area (Å²) in [5.41, 5.74) is 1.31. The Hall–Kier alpha value is -1.38. The van der Waals surface area contributed by atoms with E-state index in [0.717, 1.165) is 24.8 Å². The lowest BCUT2D eigenvalue weighted by Crippen LogP contribution is -2.36. The summed E-state index contributed by atoms with van der Waals surface area (Å²) in [6.45, 7) is 1.96. The summed E-state index contributed by atoms with van der Waals surface area (Å²) < 4.78 is 13.4. The number of halogens is 1. The number of nitrogens with one attached hydrogen (secondary N) is 1. The van der Waals surface area contributed by atoms with E-state index in [-0.39, 0.29) is 17.8 Å². The van der Waals surface area contributed by atoms with E-state index >= 15 is 0 Å². The van der Waals surface area contributed by atoms with E-state index in [9.17, 15) is 9.18 Å². The number of hydrogen-bond acceptors (Lipinski definition) is 1. The summed E-state index contributed by atoms with van der Waals surface area (Å²) in [7, 11) is 0. The second kappa shape index (κ2) is 5.98. The Morgan fingerprint density at radius 2 is 2.00 bits per heavy atom. The first kappa shape index (κ1) is 13.1. The van der Waals surface area contributed by atoms with E-state index in [1.165, 1.54) is 31.4 Å². The molecular formula is C15H20FNO. The zero-order chi connectivity index (χ0) is 13.0. The second-order valence-electron chi connectivity index (χ2n) is 5.01. The van der Waals surface area contributed by atoms with Gasteiger partial charge in [-0.05, 0) is 43.0 Å². The molecule has 1 aliphatic carbocycles. The van der Waals surface area contributed by atoms with Crippen LogP contribution in [-0.2, 0) is 6.42 Å². The molecule has 0 spiro atoms. The van der Waals surface area contributed by atoms with E-state index in [0.29, 0.717) is 5.56 Å². The van der Waals surface area contributed by atoms with Crippen molar-refractivity contribution in [3.63, 3.8) is 0 Å². The topological polar surface area (TPSA) is 29.1 Å². The molecule has 18 heavy (non-hydrogen) atoms. The second-order valence-corrected chi connectivity index (χ2v) is 5.01. The van der Waals surface area contributed by atoms with Gasteiger partial charge in [-0.3, -0.25) is 4.79 Å². The predicted molar refractivity (Wildman–Crippen MR) is 70.1 cm³/mol. The third-order valence-corrected chi connectivity index (χ3v) is 3.57. The van der Waals surface area contributed by atoms with E-state index in [2.05, 4.69) is 5.32 Å². The highest BCUT2D eigenvalue weighted by Gasteiger charge is 2.17. The van der Waals surface area contributed by atoms with Crippen LogP contribution in [0.4, 0.5) is 4.39 Å². The number of carbonyl (C=O) groups is 1. The molecule has 1 aromatic rings. The maximum Gasteiger partial charge on any atom is 0.251 e. The zero-order valence-electron chi connectivity index (χ0n) is 10.8. The SMILES string of the molecule is CCc1cc(F)cc(C(=O)NC2CCCCC2)c1. The maximum atomic E-state index is 13.4. The molecule has 1 fully saturated rings. The van der Waals surface area contributed by atoms with E-state index in [4.69, 9.17) is 0 Å². The number of carbonyl (C=O) groups excluding carboxylic acids is 1. The number of rotatable bonds is 3. The molecule has 1 aliphatic rings. The standard InChI is InChI=1S/C15H20FNO/c1-2-11-8-12(10-13(16)9-11)15(18)17-14-6-4-3-5-7-14/h8-10,14H,2-7H2,1H3,(H,17,18). The monoisotopic (exact) mass is 249 g/mol. The van der Waals surface area contributed by atoms with Crippen molar-refractivity contribution in [1.82, 2.24) is 5.32 Å². The van der Waals surface area contributed by atoms with Gasteiger partial charge in [-0.25, -0.2) is 4.39 Å². The minimum absolute atomic E-state index is 0.142. The molecule has 98 valence electrons. The summed E-state index contributed by atoms with van der Waals surface area (Å²) in [6.07, 6.45) is 6.43. The molecule has 0 atom stereocenters. The normalized spacial score (nSPS) is 16.6. The molecule has 0 bridgehead atoms. The third-order valence-electron chi connectivity index (χ3n) is 3.57. The quantitative estimate of drug-likeness (QED) is 0.873. The third kappa shape index (κ3) is 3.31. The van der Waals surface area contributed by atoms with Crippen LogP contribution in [0.2, 0.25) is 0 Å². The first-order valence-corrected chi connectivity index (χ1v) is 6.79. The summed E-state index contributed by atoms with van der Waals surface area (Å²) >= 11 is 0. The van der Waals surface area contributed by atoms with Crippen molar-refractivity contribution in [2.75, 3.05) is 0 Å². The van der Waals surface area contributed by atoms with Crippen LogP contribution in [0.3, 0.4) is 0 Å². The van der Waals surface area contributed by atoms with Gasteiger partial charge < -0.3 is 5.32 Å². The van der Waals surface area contributed by atoms with Crippen LogP contribution >= 0.6 is 0 Å². The molecule has 2 rings (SSSR count). The Bertz CT molecular complexity index is 425. The smallest absolute Gasteiger partial charge is 0.251 e. The fraction of sp³-hybridized carbons (Fsp3) is 0.533. The van der Waals surface area contributed by atoms with Crippen LogP contribution in [0.25, 0.3) is 0 Å². The van der Waals surface area contributed by atoms with Crippen molar-refractivity contribution in [3.8, 4) is 0 Å². The van der Waals surface area contributed by atoms with Crippen molar-refractivity contribution < 1.29 is 9.18 Å². The molecule has 1 amide bonds. The average molecular weight is 249 g/mol. The Kier molecular flexibility index (Phi) is 4.34. The van der Waals surface area contributed by atoms with Crippen LogP contribution in [0.5, 0.6) is 0 Å². The first-order valence-electron chi connectivity index (χ1n) is 6.79. The highest BCUT2D eigenvalue weighted by Crippen LogP contribution is 2.18. The summed E-state index contributed by atoms with van der Waals surface area (Å²) in [6, 6.07) is 4.84. The molecule has 0 radical (unpaired) electrons. The van der Waals surface area contributed by atoms with Gasteiger partial charge in [-0.1, -0.05) is 26.2 Å². The number of hydrogen-bond donors (Lipinski definition) is 1. The van der Waals surface area contributed by atoms with Gasteiger partial charge in [0.1, 0.15) is 5.82 Å². The molecule has 0 unspecified atom stereocenters. The van der Waals surface area contributed by atoms with Gasteiger partial charge in [-0.2, -0.15) is 0 Å². The summed E-state index contributed by atoms with van der Waals surface area (Å²) in [4.78, 5) is 12.1. The van der Waals surface area contributed by atoms with Gasteiger partial charge in [0.05, 0.1) is 0 Å². The van der Waals surface area contributed by atoms with Crippen molar-refractivity contribution in [3.05, 3.63) is 35.1 Å². The molecular weight excluding hydrogens is 229 g/mol. The zero-order valence-corrected chi connectivity index (χ0v) is 10.8. The van der Waals surface area contributed by atoms with Gasteiger partial charge in [0.2, 0.25) is 0 Å². The van der Waals surface area contributed by atoms with Crippen molar-refractivity contribution in [1.29, 1.82) is 0 Å². The van der Waals surface area contributed by atoms with Gasteiger partial charge in [0.25, 0.3) is 5.91 Å². The van der Waals surface area contributed by atoms with Crippen molar-refractivity contribution in [2.24, 2.45) is 0 Å². The molecule has 0 saturated heterocycles. The lowest BCUT2D eigenvalue weighted by molar-refractivity contribution is 0.0927. The largest absolute Gasteiger partial charge is 0.349 e. The lowest BCUT2D eigenvalue weighted by atomic mass is 9.95. The predicted octanol–water partition coefficient (Wildman–Crippen LogP) is 3.45. The molecule has 0 aromatic heterocycles. The minimum Gasteiger partial charge on any atom is -0.349 e. The Morgan fingerprint density at radius 1 is 1.28 bits per heavy atom. The van der Waals surface area contributed by atoms with Crippen LogP contribution < -0.4 is 5.32 Å². The molecule has 2 nitrogen and oxygen atoms in total. The highest BCUT2D eigenvalue weighted by molar-refractivity contribution is 5.94. The van der Waals surface area contributed by atoms with Gasteiger partial charge in [0, 0.05) is 11.6 Å². The van der Waals surface area contributed by atoms with Crippen molar-refractivity contribution in [2.45, 2.75) is 51.5 Å². The number of amides is 1. The minimum atomic E-state index is -0.330. The molecule has 3 heteroatoms. The first-order chi connectivity index (χ1) is 8.69. The van der Waals surface area contributed by atoms with Crippen LogP contribution in [0, 0.1) is 5.82 Å². The van der Waals surface area contributed by atoms with Crippen LogP contribution in [0.1, 0.15) is 54.9 Å². The van der Waals surface area contributed by atoms with Gasteiger partial charge in [-0.15, -0.1) is 0 Å². The van der Waals surface area contributed by atoms with Gasteiger partial charge in [0.15, 0.2) is 0 Å². The fourth-order valence-electron chi connectivity index (χ4n) is 2.50. The fourth-order valence-corrected chi connectivity index (χ4v) is 2.50. The Morgan fingerprint density at radius 3 is 2.67 bits per heavy atom. The van der Waals surface area contributed by atoms with Gasteiger partial charge >= 0.3 is 0 Å². The Labute approximate surface area is 108 Å². The summed E-state index contributed by atoms with van der Waals surface area (Å²) in [5.74, 6) is -0.473. The molecule has 1 N–H and O–H groups in total. The number of benzene rings is 1. The molecule has 1 saturated carbocycles. The van der Waals surface area contributed by atoms with Crippen LogP contribution in [-0.4, -0.2) is 11.9 Å².